The summed E-state index contributed by atoms with van der Waals surface area (Å²) in [5, 5.41) is 0. The zero-order chi connectivity index (χ0) is 24.0. The van der Waals surface area contributed by atoms with E-state index in [9.17, 15) is 14.4 Å². The number of morpholine rings is 1. The van der Waals surface area contributed by atoms with Gasteiger partial charge in [-0.3, -0.25) is 9.59 Å². The number of amides is 2. The average Bonchev–Trinajstić information content (AvgIpc) is 3.25. The van der Waals surface area contributed by atoms with Crippen LogP contribution in [0.3, 0.4) is 0 Å². The summed E-state index contributed by atoms with van der Waals surface area (Å²) >= 11 is 1.20. The van der Waals surface area contributed by atoms with Crippen molar-refractivity contribution in [1.82, 2.24) is 4.90 Å². The van der Waals surface area contributed by atoms with E-state index < -0.39 is 5.97 Å². The Hall–Kier alpha value is -2.37. The van der Waals surface area contributed by atoms with E-state index in [2.05, 4.69) is 18.8 Å². The molecule has 7 nitrogen and oxygen atoms in total. The Kier molecular flexibility index (Phi) is 8.93. The normalized spacial score (nSPS) is 20.7. The van der Waals surface area contributed by atoms with Gasteiger partial charge in [-0.2, -0.15) is 0 Å². The topological polar surface area (TPSA) is 76.2 Å². The highest BCUT2D eigenvalue weighted by molar-refractivity contribution is 7.15. The number of hydrogen-bond acceptors (Lipinski definition) is 6. The molecule has 0 unspecified atom stereocenters. The average molecular weight is 475 g/mol. The van der Waals surface area contributed by atoms with Crippen molar-refractivity contribution in [2.24, 2.45) is 17.8 Å². The largest absolute Gasteiger partial charge is 0.465 e. The van der Waals surface area contributed by atoms with Crippen LogP contribution in [-0.2, 0) is 19.1 Å². The first kappa shape index (κ1) is 25.3. The molecule has 2 fully saturated rings. The predicted octanol–water partition coefficient (Wildman–Crippen LogP) is 3.56. The Morgan fingerprint density at radius 3 is 2.48 bits per heavy atom. The number of hydrogen-bond donors (Lipinski definition) is 0. The van der Waals surface area contributed by atoms with Crippen LogP contribution < -0.4 is 4.90 Å². The number of carbonyl (C=O) groups excluding carboxylic acids is 3. The maximum atomic E-state index is 13.7. The number of ether oxygens (including phenoxy) is 2. The van der Waals surface area contributed by atoms with Gasteiger partial charge >= 0.3 is 5.97 Å². The first-order valence-electron chi connectivity index (χ1n) is 11.7. The molecule has 2 heterocycles. The minimum atomic E-state index is -0.526. The number of anilines is 1. The van der Waals surface area contributed by atoms with Gasteiger partial charge in [0.15, 0.2) is 0 Å². The lowest BCUT2D eigenvalue weighted by Gasteiger charge is -2.33. The van der Waals surface area contributed by atoms with Gasteiger partial charge in [0.05, 0.1) is 30.9 Å². The minimum Gasteiger partial charge on any atom is -0.465 e. The summed E-state index contributed by atoms with van der Waals surface area (Å²) in [6, 6.07) is 1.75. The molecule has 1 aliphatic heterocycles. The van der Waals surface area contributed by atoms with Crippen molar-refractivity contribution in [2.75, 3.05) is 44.9 Å². The van der Waals surface area contributed by atoms with Crippen LogP contribution >= 0.6 is 11.3 Å². The molecule has 8 heteroatoms. The third-order valence-electron chi connectivity index (χ3n) is 6.15. The van der Waals surface area contributed by atoms with Gasteiger partial charge in [-0.25, -0.2) is 4.79 Å². The summed E-state index contributed by atoms with van der Waals surface area (Å²) in [4.78, 5) is 43.6. The first-order chi connectivity index (χ1) is 15.8. The lowest BCUT2D eigenvalue weighted by Crippen LogP contribution is -2.49. The van der Waals surface area contributed by atoms with Crippen molar-refractivity contribution in [1.29, 1.82) is 0 Å². The maximum absolute atomic E-state index is 13.7. The Morgan fingerprint density at radius 1 is 1.21 bits per heavy atom. The summed E-state index contributed by atoms with van der Waals surface area (Å²) in [5.41, 5.74) is 0.421. The quantitative estimate of drug-likeness (QED) is 0.482. The summed E-state index contributed by atoms with van der Waals surface area (Å²) < 4.78 is 10.4. The number of nitrogens with zero attached hydrogens (tertiary/aromatic N) is 2. The molecule has 0 spiro atoms. The van der Waals surface area contributed by atoms with Crippen LogP contribution in [0.4, 0.5) is 5.69 Å². The van der Waals surface area contributed by atoms with Crippen LogP contribution in [0.25, 0.3) is 0 Å². The summed E-state index contributed by atoms with van der Waals surface area (Å²) in [6.45, 7) is 8.05. The van der Waals surface area contributed by atoms with Crippen LogP contribution in [0.15, 0.2) is 6.07 Å². The molecule has 1 aromatic heterocycles. The third-order valence-corrected chi connectivity index (χ3v) is 7.17. The van der Waals surface area contributed by atoms with Gasteiger partial charge in [-0.15, -0.1) is 11.3 Å². The molecule has 1 aromatic rings. The fourth-order valence-electron chi connectivity index (χ4n) is 4.16. The molecule has 2 aliphatic rings. The fraction of sp³-hybridized carbons (Fsp3) is 0.640. The standard InChI is InChI=1S/C25H34N2O5S/c1-17(2)5-10-20-15-21(23(33-20)25(30)31-4)27(16-22(28)26-11-13-32-14-12-26)24(29)19-8-6-18(3)7-9-19/h15,17-19H,6-9,11-14,16H2,1-4H3/t18-,19-. The van der Waals surface area contributed by atoms with Gasteiger partial charge in [0.2, 0.25) is 11.8 Å². The molecule has 1 saturated carbocycles. The van der Waals surface area contributed by atoms with Gasteiger partial charge < -0.3 is 19.3 Å². The molecule has 0 radical (unpaired) electrons. The SMILES string of the molecule is COC(=O)c1sc(C#CC(C)C)cc1N(CC(=O)N1CCOCC1)C(=O)[C@H]1CC[C@H](C)CC1. The second kappa shape index (κ2) is 11.7. The molecule has 0 bridgehead atoms. The second-order valence-electron chi connectivity index (χ2n) is 9.11. The van der Waals surface area contributed by atoms with E-state index in [0.717, 1.165) is 25.7 Å². The van der Waals surface area contributed by atoms with Crippen molar-refractivity contribution >= 4 is 34.8 Å². The van der Waals surface area contributed by atoms with E-state index in [-0.39, 0.29) is 30.2 Å². The molecule has 0 aromatic carbocycles. The maximum Gasteiger partial charge on any atom is 0.350 e. The summed E-state index contributed by atoms with van der Waals surface area (Å²) in [6.07, 6.45) is 3.56. The Labute approximate surface area is 200 Å². The molecule has 1 aliphatic carbocycles. The number of carbonyl (C=O) groups is 3. The van der Waals surface area contributed by atoms with E-state index >= 15 is 0 Å². The molecule has 1 saturated heterocycles. The number of methoxy groups -OCH3 is 1. The summed E-state index contributed by atoms with van der Waals surface area (Å²) in [7, 11) is 1.32. The van der Waals surface area contributed by atoms with Crippen molar-refractivity contribution in [3.63, 3.8) is 0 Å². The van der Waals surface area contributed by atoms with E-state index in [1.807, 2.05) is 13.8 Å². The Morgan fingerprint density at radius 2 is 1.88 bits per heavy atom. The highest BCUT2D eigenvalue weighted by atomic mass is 32.1. The van der Waals surface area contributed by atoms with Gasteiger partial charge in [0, 0.05) is 24.9 Å². The smallest absolute Gasteiger partial charge is 0.350 e. The van der Waals surface area contributed by atoms with E-state index in [4.69, 9.17) is 9.47 Å². The van der Waals surface area contributed by atoms with Gasteiger partial charge in [-0.05, 0) is 37.7 Å². The molecule has 0 N–H and O–H groups in total. The van der Waals surface area contributed by atoms with Crippen molar-refractivity contribution in [3.05, 3.63) is 15.8 Å². The number of esters is 1. The van der Waals surface area contributed by atoms with Crippen molar-refractivity contribution < 1.29 is 23.9 Å². The second-order valence-corrected chi connectivity index (χ2v) is 10.2. The zero-order valence-electron chi connectivity index (χ0n) is 20.0. The molecular weight excluding hydrogens is 440 g/mol. The lowest BCUT2D eigenvalue weighted by molar-refractivity contribution is -0.135. The first-order valence-corrected chi connectivity index (χ1v) is 12.5. The fourth-order valence-corrected chi connectivity index (χ4v) is 5.10. The number of rotatable bonds is 5. The Balaban J connectivity index is 1.96. The molecule has 180 valence electrons. The van der Waals surface area contributed by atoms with Gasteiger partial charge in [0.25, 0.3) is 0 Å². The predicted molar refractivity (Wildman–Crippen MR) is 128 cm³/mol. The Bertz CT molecular complexity index is 915. The highest BCUT2D eigenvalue weighted by Gasteiger charge is 2.34. The minimum absolute atomic E-state index is 0.102. The molecule has 33 heavy (non-hydrogen) atoms. The zero-order valence-corrected chi connectivity index (χ0v) is 20.8. The molecule has 2 amide bonds. The van der Waals surface area contributed by atoms with Crippen LogP contribution in [0.2, 0.25) is 0 Å². The van der Waals surface area contributed by atoms with Crippen LogP contribution in [-0.4, -0.2) is 62.6 Å². The van der Waals surface area contributed by atoms with E-state index in [0.29, 0.717) is 47.7 Å². The number of thiophene rings is 1. The van der Waals surface area contributed by atoms with Gasteiger partial charge in [0.1, 0.15) is 11.4 Å². The van der Waals surface area contributed by atoms with Crippen LogP contribution in [0.5, 0.6) is 0 Å². The van der Waals surface area contributed by atoms with Crippen molar-refractivity contribution in [3.8, 4) is 11.8 Å². The van der Waals surface area contributed by atoms with E-state index in [1.54, 1.807) is 11.0 Å². The monoisotopic (exact) mass is 474 g/mol. The summed E-state index contributed by atoms with van der Waals surface area (Å²) in [5.74, 6) is 6.03. The third kappa shape index (κ3) is 6.58. The van der Waals surface area contributed by atoms with Crippen molar-refractivity contribution in [2.45, 2.75) is 46.5 Å². The van der Waals surface area contributed by atoms with Gasteiger partial charge in [-0.1, -0.05) is 32.6 Å². The molecule has 0 atom stereocenters. The van der Waals surface area contributed by atoms with Crippen LogP contribution in [0.1, 0.15) is 61.0 Å². The highest BCUT2D eigenvalue weighted by Crippen LogP contribution is 2.35. The lowest BCUT2D eigenvalue weighted by atomic mass is 9.82. The van der Waals surface area contributed by atoms with E-state index in [1.165, 1.54) is 23.3 Å². The molecular formula is C25H34N2O5S. The van der Waals surface area contributed by atoms with Crippen LogP contribution in [0, 0.1) is 29.6 Å². The molecule has 3 rings (SSSR count).